The number of H-pyrrole nitrogens is 1. The van der Waals surface area contributed by atoms with E-state index >= 15 is 0 Å². The zero-order valence-electron chi connectivity index (χ0n) is 46.9. The zero-order valence-corrected chi connectivity index (χ0v) is 51.8. The van der Waals surface area contributed by atoms with Crippen LogP contribution in [0.3, 0.4) is 0 Å². The maximum absolute atomic E-state index is 13.6. The van der Waals surface area contributed by atoms with Gasteiger partial charge < -0.3 is 56.7 Å². The monoisotopic (exact) mass is 1340 g/mol. The number of imidazole rings is 1. The van der Waals surface area contributed by atoms with E-state index in [1.165, 1.54) is 35.8 Å². The second-order valence-electron chi connectivity index (χ2n) is 19.7. The van der Waals surface area contributed by atoms with Crippen molar-refractivity contribution >= 4 is 110 Å². The van der Waals surface area contributed by atoms with Crippen LogP contribution in [0, 0.1) is 13.8 Å². The van der Waals surface area contributed by atoms with Crippen LogP contribution < -0.4 is 36.0 Å². The number of hydrogen-bond acceptors (Lipinski definition) is 20. The van der Waals surface area contributed by atoms with Crippen molar-refractivity contribution in [3.05, 3.63) is 65.6 Å². The number of nitrogens with zero attached hydrogens (tertiary/aromatic N) is 7. The van der Waals surface area contributed by atoms with Crippen molar-refractivity contribution in [2.45, 2.75) is 56.6 Å². The van der Waals surface area contributed by atoms with Crippen LogP contribution in [0.5, 0.6) is 5.75 Å². The molecule has 2 atom stereocenters. The molecule has 85 heavy (non-hydrogen) atoms. The Hall–Kier alpha value is -6.99. The summed E-state index contributed by atoms with van der Waals surface area (Å²) in [6.45, 7) is 2.31. The van der Waals surface area contributed by atoms with Crippen LogP contribution in [-0.4, -0.2) is 284 Å². The van der Waals surface area contributed by atoms with Gasteiger partial charge in [0.15, 0.2) is 5.95 Å². The Morgan fingerprint density at radius 2 is 1.27 bits per heavy atom. The number of carbonyl (C=O) groups is 8. The summed E-state index contributed by atoms with van der Waals surface area (Å²) in [5, 5.41) is 56.3. The quantitative estimate of drug-likeness (QED) is 0.0170. The second kappa shape index (κ2) is 34.2. The molecular formula is C50H72InN14O18S2+3. The molecule has 2 aromatic carbocycles. The van der Waals surface area contributed by atoms with Crippen molar-refractivity contribution in [1.29, 1.82) is 0 Å². The van der Waals surface area contributed by atoms with E-state index in [0.717, 1.165) is 11.9 Å². The molecule has 32 nitrogen and oxygen atoms in total. The van der Waals surface area contributed by atoms with Gasteiger partial charge in [-0.1, -0.05) is 0 Å². The fourth-order valence-corrected chi connectivity index (χ4v) is 11.3. The first-order valence-electron chi connectivity index (χ1n) is 26.5. The molecule has 0 bridgehead atoms. The molecule has 35 heteroatoms. The van der Waals surface area contributed by atoms with Gasteiger partial charge >= 0.3 is 49.7 Å². The Kier molecular flexibility index (Phi) is 28.4. The molecule has 12 N–H and O–H groups in total. The molecule has 0 aliphatic carbocycles. The number of carboxylic acid groups (broad SMARTS) is 4. The van der Waals surface area contributed by atoms with Crippen LogP contribution in [0.25, 0.3) is 10.9 Å². The van der Waals surface area contributed by atoms with E-state index in [-0.39, 0.29) is 145 Å². The first-order chi connectivity index (χ1) is 39.7. The Labute approximate surface area is 508 Å². The second-order valence-corrected chi connectivity index (χ2v) is 22.9. The topological polar surface area (TPSA) is 447 Å². The summed E-state index contributed by atoms with van der Waals surface area (Å²) in [5.41, 5.74) is 1.40. The number of hydrogen-bond donors (Lipinski definition) is 12. The van der Waals surface area contributed by atoms with Gasteiger partial charge in [0.05, 0.1) is 49.4 Å². The van der Waals surface area contributed by atoms with Crippen LogP contribution in [0.2, 0.25) is 0 Å². The molecule has 0 saturated carbocycles. The Morgan fingerprint density at radius 1 is 0.706 bits per heavy atom. The normalized spacial score (nSPS) is 15.0. The first kappa shape index (κ1) is 70.5. The average Bonchev–Trinajstić information content (AvgIpc) is 3.25. The van der Waals surface area contributed by atoms with Gasteiger partial charge in [-0.25, -0.2) is 13.4 Å². The molecule has 462 valence electrons. The zero-order chi connectivity index (χ0) is 61.6. The minimum absolute atomic E-state index is 0. The molecule has 0 unspecified atom stereocenters. The number of ether oxygens (including phenoxy) is 1. The van der Waals surface area contributed by atoms with E-state index in [1.807, 2.05) is 0 Å². The van der Waals surface area contributed by atoms with Gasteiger partial charge in [-0.3, -0.25) is 67.2 Å². The average molecular weight is 1340 g/mol. The molecule has 0 spiro atoms. The van der Waals surface area contributed by atoms with Gasteiger partial charge in [0.2, 0.25) is 27.7 Å². The molecule has 1 saturated heterocycles. The molecule has 1 aliphatic rings. The summed E-state index contributed by atoms with van der Waals surface area (Å²) in [6, 6.07) is 4.16. The smallest absolute Gasteiger partial charge is 0.494 e. The van der Waals surface area contributed by atoms with Gasteiger partial charge in [0.1, 0.15) is 23.6 Å². The summed E-state index contributed by atoms with van der Waals surface area (Å²) in [6.07, 6.45) is 5.79. The van der Waals surface area contributed by atoms with E-state index in [9.17, 15) is 80.2 Å². The Bertz CT molecular complexity index is 3120. The number of rotatable bonds is 32. The third kappa shape index (κ3) is 24.9. The Morgan fingerprint density at radius 3 is 1.80 bits per heavy atom. The number of aryl methyl sites for hydroxylation is 3. The number of sulfonamides is 1. The standard InChI is InChI=1S/C50H72N14O18S2.In/c1-33-23-37(24-34(2)46(33)84(80,81)59-38(49(75)76)27-56-47(73)35-6-7-40-36(25-35)26-57-64(40)13-4-8-53-50-54-11-12-55-50)82-22-3-5-41(65)51-9-10-52-48(74)39(32-83(77,78)79)58-42(66)28-60-14-16-61(29-43(67)68)18-20-63(31-45(71)72)21-19-62(17-15-60)30-44(69)70;/h6-7,11-12,23-26,38-39,59H,3-5,8-10,13-22,27-32H2,1-2H3,(H,51,65)(H,52,74)(H,56,73)(H,58,66)(H,67,68)(H,69,70)(H,71,72)(H,75,76)(H2,53,54,55)(H,77,78,79);/q;+3/t38-,39-;/m0./s1. The van der Waals surface area contributed by atoms with Crippen molar-refractivity contribution in [2.24, 2.45) is 0 Å². The number of benzene rings is 2. The van der Waals surface area contributed by atoms with E-state index in [0.29, 0.717) is 24.4 Å². The SMILES string of the molecule is Cc1cc(OCCCC(=O)NCCNC(=O)[C@H](CS(=O)(=O)O)NC(=O)CN2CCN(CC(=O)O)CCN(CC(=O)O)CCN(CC(=O)O)CC2)cc(C)c1S(=O)(=O)N[C@@H](CNC(=O)c1ccc2c(cnn2CCCNc2ncc[nH]2)c1)C(=O)O.[In+3]. The summed E-state index contributed by atoms with van der Waals surface area (Å²) in [4.78, 5) is 112. The molecule has 0 radical (unpaired) electrons. The molecule has 5 rings (SSSR count). The maximum Gasteiger partial charge on any atom is 3.00 e. The number of aromatic amines is 1. The van der Waals surface area contributed by atoms with Crippen LogP contribution >= 0.6 is 0 Å². The van der Waals surface area contributed by atoms with Gasteiger partial charge in [-0.15, -0.1) is 0 Å². The van der Waals surface area contributed by atoms with Crippen LogP contribution in [0.1, 0.15) is 40.7 Å². The third-order valence-corrected chi connectivity index (χ3v) is 15.5. The predicted molar refractivity (Wildman–Crippen MR) is 305 cm³/mol. The number of carboxylic acids is 4. The summed E-state index contributed by atoms with van der Waals surface area (Å²) < 4.78 is 70.5. The number of amides is 4. The maximum atomic E-state index is 13.6. The van der Waals surface area contributed by atoms with Crippen LogP contribution in [0.4, 0.5) is 5.95 Å². The van der Waals surface area contributed by atoms with E-state index in [2.05, 4.69) is 46.4 Å². The van der Waals surface area contributed by atoms with E-state index < -0.39 is 112 Å². The minimum atomic E-state index is -4.84. The van der Waals surface area contributed by atoms with Gasteiger partial charge in [-0.2, -0.15) is 18.2 Å². The number of nitrogens with one attached hydrogen (secondary N) is 7. The molecule has 2 aromatic heterocycles. The third-order valence-electron chi connectivity index (χ3n) is 13.0. The molecule has 3 heterocycles. The fraction of sp³-hybridized carbons (Fsp3) is 0.520. The van der Waals surface area contributed by atoms with Crippen LogP contribution in [-0.2, 0) is 60.2 Å². The van der Waals surface area contributed by atoms with Crippen molar-refractivity contribution in [3.63, 3.8) is 0 Å². The van der Waals surface area contributed by atoms with Crippen molar-refractivity contribution in [2.75, 3.05) is 122 Å². The summed E-state index contributed by atoms with van der Waals surface area (Å²) in [7, 11) is -9.32. The van der Waals surface area contributed by atoms with Crippen molar-refractivity contribution in [3.8, 4) is 5.75 Å². The minimum Gasteiger partial charge on any atom is -0.494 e. The molecular weight excluding hydrogens is 1260 g/mol. The largest absolute Gasteiger partial charge is 3.00 e. The van der Waals surface area contributed by atoms with Crippen LogP contribution in [0.15, 0.2) is 53.8 Å². The van der Waals surface area contributed by atoms with E-state index in [4.69, 9.17) is 4.74 Å². The van der Waals surface area contributed by atoms with E-state index in [1.54, 1.807) is 51.3 Å². The van der Waals surface area contributed by atoms with Crippen molar-refractivity contribution in [1.82, 2.24) is 65.3 Å². The van der Waals surface area contributed by atoms with Gasteiger partial charge in [0.25, 0.3) is 16.0 Å². The molecule has 4 aromatic rings. The number of carbonyl (C=O) groups excluding carboxylic acids is 4. The number of fused-ring (bicyclic) bond motifs is 1. The number of anilines is 1. The summed E-state index contributed by atoms with van der Waals surface area (Å²) in [5.74, 6) is -8.29. The first-order valence-corrected chi connectivity index (χ1v) is 29.6. The number of aliphatic carboxylic acids is 4. The van der Waals surface area contributed by atoms with Crippen molar-refractivity contribution < 1.29 is 84.9 Å². The molecule has 1 fully saturated rings. The fourth-order valence-electron chi connectivity index (χ4n) is 8.99. The predicted octanol–water partition coefficient (Wildman–Crippen LogP) is -3.10. The number of aromatic nitrogens is 4. The molecule has 1 aliphatic heterocycles. The van der Waals surface area contributed by atoms with Gasteiger partial charge in [-0.05, 0) is 68.1 Å². The summed E-state index contributed by atoms with van der Waals surface area (Å²) >= 11 is 0. The van der Waals surface area contributed by atoms with Gasteiger partial charge in [0, 0.05) is 115 Å². The Balaban J connectivity index is 0.0000155. The molecule has 4 amide bonds.